The maximum atomic E-state index is 12.5. The number of anilines is 1. The zero-order valence-electron chi connectivity index (χ0n) is 17.2. The number of amides is 1. The number of benzene rings is 2. The predicted molar refractivity (Wildman–Crippen MR) is 127 cm³/mol. The Morgan fingerprint density at radius 3 is 2.53 bits per heavy atom. The van der Waals surface area contributed by atoms with Gasteiger partial charge in [-0.05, 0) is 55.5 Å². The molecular weight excluding hydrogens is 446 g/mol. The number of ether oxygens (including phenoxy) is 1. The molecule has 0 aliphatic heterocycles. The Bertz CT molecular complexity index is 1200. The van der Waals surface area contributed by atoms with Crippen molar-refractivity contribution >= 4 is 35.0 Å². The Kier molecular flexibility index (Phi) is 7.03. The topological polar surface area (TPSA) is 81.9 Å². The third-order valence-corrected chi connectivity index (χ3v) is 5.72. The minimum Gasteiger partial charge on any atom is -0.494 e. The molecule has 0 atom stereocenters. The predicted octanol–water partition coefficient (Wildman–Crippen LogP) is 5.11. The average molecular weight is 466 g/mol. The van der Waals surface area contributed by atoms with E-state index in [1.165, 1.54) is 11.8 Å². The van der Waals surface area contributed by atoms with Crippen molar-refractivity contribution in [1.29, 1.82) is 0 Å². The Labute approximate surface area is 194 Å². The molecule has 162 valence electrons. The number of pyridine rings is 1. The summed E-state index contributed by atoms with van der Waals surface area (Å²) in [5.41, 5.74) is 2.30. The molecule has 4 rings (SSSR count). The second-order valence-corrected chi connectivity index (χ2v) is 7.97. The summed E-state index contributed by atoms with van der Waals surface area (Å²) in [4.78, 5) is 16.6. The molecule has 0 unspecified atom stereocenters. The van der Waals surface area contributed by atoms with Gasteiger partial charge in [-0.15, -0.1) is 10.2 Å². The number of nitrogens with zero attached hydrogens (tertiary/aromatic N) is 4. The SMILES string of the molecule is CCOc1ccc(-n2c(SCC(=O)Nc3ccccc3Cl)nnc2-c2ccncc2)cc1. The molecule has 2 aromatic heterocycles. The second kappa shape index (κ2) is 10.3. The van der Waals surface area contributed by atoms with Crippen molar-refractivity contribution in [3.05, 3.63) is 78.1 Å². The number of carbonyl (C=O) groups is 1. The quantitative estimate of drug-likeness (QED) is 0.364. The Morgan fingerprint density at radius 2 is 1.81 bits per heavy atom. The lowest BCUT2D eigenvalue weighted by Gasteiger charge is -2.12. The molecule has 0 aliphatic rings. The summed E-state index contributed by atoms with van der Waals surface area (Å²) in [6.45, 7) is 2.54. The lowest BCUT2D eigenvalue weighted by molar-refractivity contribution is -0.113. The van der Waals surface area contributed by atoms with Crippen molar-refractivity contribution in [2.24, 2.45) is 0 Å². The number of halogens is 1. The van der Waals surface area contributed by atoms with E-state index in [4.69, 9.17) is 16.3 Å². The minimum absolute atomic E-state index is 0.150. The molecule has 1 N–H and O–H groups in total. The Balaban J connectivity index is 1.60. The van der Waals surface area contributed by atoms with Gasteiger partial charge in [0.25, 0.3) is 0 Å². The zero-order chi connectivity index (χ0) is 22.3. The third kappa shape index (κ3) is 5.09. The van der Waals surface area contributed by atoms with Crippen LogP contribution in [0.1, 0.15) is 6.92 Å². The highest BCUT2D eigenvalue weighted by Gasteiger charge is 2.18. The number of aromatic nitrogens is 4. The van der Waals surface area contributed by atoms with Crippen molar-refractivity contribution in [3.63, 3.8) is 0 Å². The van der Waals surface area contributed by atoms with Gasteiger partial charge in [0.15, 0.2) is 11.0 Å². The molecular formula is C23H20ClN5O2S. The molecule has 0 saturated heterocycles. The normalized spacial score (nSPS) is 10.7. The van der Waals surface area contributed by atoms with E-state index in [2.05, 4.69) is 20.5 Å². The van der Waals surface area contributed by atoms with Crippen LogP contribution in [0.15, 0.2) is 78.2 Å². The molecule has 0 radical (unpaired) electrons. The summed E-state index contributed by atoms with van der Waals surface area (Å²) in [6.07, 6.45) is 3.41. The molecule has 4 aromatic rings. The number of para-hydroxylation sites is 1. The summed E-state index contributed by atoms with van der Waals surface area (Å²) in [7, 11) is 0. The van der Waals surface area contributed by atoms with Crippen LogP contribution in [0.3, 0.4) is 0 Å². The van der Waals surface area contributed by atoms with Crippen molar-refractivity contribution in [1.82, 2.24) is 19.7 Å². The summed E-state index contributed by atoms with van der Waals surface area (Å²) in [6, 6.07) is 18.5. The summed E-state index contributed by atoms with van der Waals surface area (Å²) >= 11 is 7.43. The standard InChI is InChI=1S/C23H20ClN5O2S/c1-2-31-18-9-7-17(8-10-18)29-22(16-11-13-25-14-12-16)27-28-23(29)32-15-21(30)26-20-6-4-3-5-19(20)24/h3-14H,2,15H2,1H3,(H,26,30). The fourth-order valence-electron chi connectivity index (χ4n) is 3.02. The van der Waals surface area contributed by atoms with Crippen LogP contribution in [0.5, 0.6) is 5.75 Å². The van der Waals surface area contributed by atoms with Crippen LogP contribution in [0.25, 0.3) is 17.1 Å². The second-order valence-electron chi connectivity index (χ2n) is 6.62. The molecule has 0 fully saturated rings. The largest absolute Gasteiger partial charge is 0.494 e. The summed E-state index contributed by atoms with van der Waals surface area (Å²) < 4.78 is 7.47. The fourth-order valence-corrected chi connectivity index (χ4v) is 3.96. The van der Waals surface area contributed by atoms with Crippen molar-refractivity contribution in [2.45, 2.75) is 12.1 Å². The first-order valence-electron chi connectivity index (χ1n) is 9.92. The van der Waals surface area contributed by atoms with E-state index in [1.54, 1.807) is 24.5 Å². The van der Waals surface area contributed by atoms with Gasteiger partial charge >= 0.3 is 0 Å². The van der Waals surface area contributed by atoms with E-state index < -0.39 is 0 Å². The first-order valence-corrected chi connectivity index (χ1v) is 11.3. The number of nitrogens with one attached hydrogen (secondary N) is 1. The van der Waals surface area contributed by atoms with Gasteiger partial charge < -0.3 is 10.1 Å². The molecule has 32 heavy (non-hydrogen) atoms. The number of rotatable bonds is 8. The van der Waals surface area contributed by atoms with Crippen LogP contribution in [0, 0.1) is 0 Å². The average Bonchev–Trinajstić information content (AvgIpc) is 3.24. The van der Waals surface area contributed by atoms with Gasteiger partial charge in [-0.25, -0.2) is 0 Å². The van der Waals surface area contributed by atoms with E-state index >= 15 is 0 Å². The van der Waals surface area contributed by atoms with Gasteiger partial charge in [-0.1, -0.05) is 35.5 Å². The Hall–Kier alpha value is -3.36. The number of hydrogen-bond acceptors (Lipinski definition) is 6. The minimum atomic E-state index is -0.185. The van der Waals surface area contributed by atoms with Crippen LogP contribution in [-0.2, 0) is 4.79 Å². The molecule has 0 spiro atoms. The number of carbonyl (C=O) groups excluding carboxylic acids is 1. The van der Waals surface area contributed by atoms with E-state index in [0.717, 1.165) is 17.0 Å². The third-order valence-electron chi connectivity index (χ3n) is 4.46. The summed E-state index contributed by atoms with van der Waals surface area (Å²) in [5, 5.41) is 12.6. The lowest BCUT2D eigenvalue weighted by Crippen LogP contribution is -2.14. The van der Waals surface area contributed by atoms with Gasteiger partial charge in [0.05, 0.1) is 23.1 Å². The first kappa shape index (κ1) is 21.9. The molecule has 0 aliphatic carbocycles. The molecule has 2 heterocycles. The maximum absolute atomic E-state index is 12.5. The molecule has 0 saturated carbocycles. The zero-order valence-corrected chi connectivity index (χ0v) is 18.8. The number of hydrogen-bond donors (Lipinski definition) is 1. The highest BCUT2D eigenvalue weighted by Crippen LogP contribution is 2.29. The van der Waals surface area contributed by atoms with Gasteiger partial charge in [-0.3, -0.25) is 14.3 Å². The van der Waals surface area contributed by atoms with Crippen molar-refractivity contribution in [3.8, 4) is 22.8 Å². The van der Waals surface area contributed by atoms with Crippen LogP contribution in [-0.4, -0.2) is 38.0 Å². The van der Waals surface area contributed by atoms with Crippen LogP contribution >= 0.6 is 23.4 Å². The monoisotopic (exact) mass is 465 g/mol. The van der Waals surface area contributed by atoms with Crippen molar-refractivity contribution in [2.75, 3.05) is 17.7 Å². The molecule has 9 heteroatoms. The summed E-state index contributed by atoms with van der Waals surface area (Å²) in [5.74, 6) is 1.40. The lowest BCUT2D eigenvalue weighted by atomic mass is 10.2. The maximum Gasteiger partial charge on any atom is 0.234 e. The molecule has 1 amide bonds. The van der Waals surface area contributed by atoms with E-state index in [9.17, 15) is 4.79 Å². The van der Waals surface area contributed by atoms with Gasteiger partial charge in [0.2, 0.25) is 5.91 Å². The van der Waals surface area contributed by atoms with Gasteiger partial charge in [-0.2, -0.15) is 0 Å². The van der Waals surface area contributed by atoms with Crippen LogP contribution < -0.4 is 10.1 Å². The van der Waals surface area contributed by atoms with Crippen molar-refractivity contribution < 1.29 is 9.53 Å². The Morgan fingerprint density at radius 1 is 1.06 bits per heavy atom. The van der Waals surface area contributed by atoms with Gasteiger partial charge in [0.1, 0.15) is 5.75 Å². The van der Waals surface area contributed by atoms with Crippen LogP contribution in [0.2, 0.25) is 5.02 Å². The number of thioether (sulfide) groups is 1. The fraction of sp³-hybridized carbons (Fsp3) is 0.130. The smallest absolute Gasteiger partial charge is 0.234 e. The molecule has 0 bridgehead atoms. The van der Waals surface area contributed by atoms with E-state index in [1.807, 2.05) is 60.0 Å². The van der Waals surface area contributed by atoms with E-state index in [0.29, 0.717) is 28.3 Å². The molecule has 2 aromatic carbocycles. The van der Waals surface area contributed by atoms with Gasteiger partial charge in [0, 0.05) is 23.6 Å². The molecule has 7 nitrogen and oxygen atoms in total. The first-order chi connectivity index (χ1) is 15.7. The van der Waals surface area contributed by atoms with E-state index in [-0.39, 0.29) is 11.7 Å². The van der Waals surface area contributed by atoms with Crippen LogP contribution in [0.4, 0.5) is 5.69 Å². The highest BCUT2D eigenvalue weighted by molar-refractivity contribution is 7.99. The highest BCUT2D eigenvalue weighted by atomic mass is 35.5.